The van der Waals surface area contributed by atoms with Crippen LogP contribution >= 0.6 is 0 Å². The Morgan fingerprint density at radius 1 is 0.913 bits per heavy atom. The summed E-state index contributed by atoms with van der Waals surface area (Å²) in [4.78, 5) is 0. The third-order valence-electron chi connectivity index (χ3n) is 4.03. The third-order valence-corrected chi connectivity index (χ3v) is 4.03. The highest BCUT2D eigenvalue weighted by Crippen LogP contribution is 2.34. The second-order valence-corrected chi connectivity index (χ2v) is 5.48. The molecule has 2 aromatic rings. The number of hydrogen-bond acceptors (Lipinski definition) is 5. The van der Waals surface area contributed by atoms with Crippen molar-refractivity contribution in [1.82, 2.24) is 5.32 Å². The molecule has 1 aliphatic rings. The van der Waals surface area contributed by atoms with Crippen molar-refractivity contribution >= 4 is 0 Å². The van der Waals surface area contributed by atoms with Crippen LogP contribution in [0.5, 0.6) is 17.2 Å². The van der Waals surface area contributed by atoms with Crippen LogP contribution in [0.1, 0.15) is 23.3 Å². The minimum Gasteiger partial charge on any atom is -0.508 e. The van der Waals surface area contributed by atoms with Crippen molar-refractivity contribution in [2.24, 2.45) is 0 Å². The standard InChI is InChI=1S/C18H21NO4/c1-21-15-8-5-13(9-16(15)22-2)18-11-19-10-17(23-18)12-3-6-14(20)7-4-12/h3-9,17-20H,10-11H2,1-2H3. The Bertz CT molecular complexity index is 657. The van der Waals surface area contributed by atoms with Crippen LogP contribution in [-0.4, -0.2) is 32.4 Å². The summed E-state index contributed by atoms with van der Waals surface area (Å²) in [6.45, 7) is 1.48. The van der Waals surface area contributed by atoms with E-state index in [1.54, 1.807) is 26.4 Å². The molecular formula is C18H21NO4. The number of rotatable bonds is 4. The van der Waals surface area contributed by atoms with Crippen LogP contribution in [0.2, 0.25) is 0 Å². The van der Waals surface area contributed by atoms with Crippen LogP contribution in [0.4, 0.5) is 0 Å². The summed E-state index contributed by atoms with van der Waals surface area (Å²) in [5.74, 6) is 1.66. The van der Waals surface area contributed by atoms with Gasteiger partial charge in [-0.15, -0.1) is 0 Å². The highest BCUT2D eigenvalue weighted by atomic mass is 16.5. The molecule has 0 bridgehead atoms. The molecule has 1 fully saturated rings. The van der Waals surface area contributed by atoms with E-state index in [1.807, 2.05) is 30.3 Å². The molecule has 2 N–H and O–H groups in total. The largest absolute Gasteiger partial charge is 0.508 e. The molecule has 0 saturated carbocycles. The van der Waals surface area contributed by atoms with Crippen molar-refractivity contribution in [1.29, 1.82) is 0 Å². The average molecular weight is 315 g/mol. The van der Waals surface area contributed by atoms with E-state index >= 15 is 0 Å². The normalized spacial score (nSPS) is 21.0. The van der Waals surface area contributed by atoms with Gasteiger partial charge in [-0.05, 0) is 35.4 Å². The molecule has 122 valence electrons. The van der Waals surface area contributed by atoms with E-state index in [9.17, 15) is 5.11 Å². The molecule has 5 heteroatoms. The van der Waals surface area contributed by atoms with Gasteiger partial charge in [0.1, 0.15) is 5.75 Å². The van der Waals surface area contributed by atoms with E-state index in [2.05, 4.69) is 5.32 Å². The molecule has 5 nitrogen and oxygen atoms in total. The van der Waals surface area contributed by atoms with Gasteiger partial charge in [-0.2, -0.15) is 0 Å². The van der Waals surface area contributed by atoms with Crippen molar-refractivity contribution in [3.05, 3.63) is 53.6 Å². The van der Waals surface area contributed by atoms with Crippen LogP contribution in [0.25, 0.3) is 0 Å². The van der Waals surface area contributed by atoms with Gasteiger partial charge in [0.25, 0.3) is 0 Å². The van der Waals surface area contributed by atoms with Crippen LogP contribution in [0.3, 0.4) is 0 Å². The second-order valence-electron chi connectivity index (χ2n) is 5.48. The van der Waals surface area contributed by atoms with Gasteiger partial charge in [0, 0.05) is 13.1 Å². The summed E-state index contributed by atoms with van der Waals surface area (Å²) in [6.07, 6.45) is -0.121. The van der Waals surface area contributed by atoms with E-state index in [4.69, 9.17) is 14.2 Å². The van der Waals surface area contributed by atoms with E-state index < -0.39 is 0 Å². The number of morpholine rings is 1. The van der Waals surface area contributed by atoms with Gasteiger partial charge in [0.15, 0.2) is 11.5 Å². The summed E-state index contributed by atoms with van der Waals surface area (Å²) in [6, 6.07) is 13.0. The van der Waals surface area contributed by atoms with Crippen molar-refractivity contribution in [2.45, 2.75) is 12.2 Å². The lowest BCUT2D eigenvalue weighted by atomic mass is 10.0. The van der Waals surface area contributed by atoms with Gasteiger partial charge in [-0.1, -0.05) is 18.2 Å². The third kappa shape index (κ3) is 3.41. The molecular weight excluding hydrogens is 294 g/mol. The number of ether oxygens (including phenoxy) is 3. The number of phenolic OH excluding ortho intramolecular Hbond substituents is 1. The first-order valence-electron chi connectivity index (χ1n) is 7.58. The lowest BCUT2D eigenvalue weighted by Gasteiger charge is -2.31. The van der Waals surface area contributed by atoms with Crippen molar-refractivity contribution < 1.29 is 19.3 Å². The van der Waals surface area contributed by atoms with E-state index in [-0.39, 0.29) is 18.0 Å². The molecule has 2 atom stereocenters. The maximum absolute atomic E-state index is 9.41. The fourth-order valence-electron chi connectivity index (χ4n) is 2.77. The summed E-state index contributed by atoms with van der Waals surface area (Å²) < 4.78 is 16.9. The molecule has 0 spiro atoms. The monoisotopic (exact) mass is 315 g/mol. The van der Waals surface area contributed by atoms with Gasteiger partial charge in [-0.25, -0.2) is 0 Å². The zero-order valence-electron chi connectivity index (χ0n) is 13.3. The Morgan fingerprint density at radius 2 is 1.52 bits per heavy atom. The smallest absolute Gasteiger partial charge is 0.161 e. The van der Waals surface area contributed by atoms with Crippen molar-refractivity contribution in [3.63, 3.8) is 0 Å². The number of hydrogen-bond donors (Lipinski definition) is 2. The second kappa shape index (κ2) is 6.89. The van der Waals surface area contributed by atoms with Gasteiger partial charge < -0.3 is 24.6 Å². The Kier molecular flexibility index (Phi) is 4.69. The number of aromatic hydroxyl groups is 1. The molecule has 1 saturated heterocycles. The predicted molar refractivity (Wildman–Crippen MR) is 87.1 cm³/mol. The summed E-state index contributed by atoms with van der Waals surface area (Å²) in [7, 11) is 3.25. The fraction of sp³-hybridized carbons (Fsp3) is 0.333. The number of benzene rings is 2. The zero-order chi connectivity index (χ0) is 16.2. The van der Waals surface area contributed by atoms with Crippen LogP contribution in [0.15, 0.2) is 42.5 Å². The van der Waals surface area contributed by atoms with Gasteiger partial charge >= 0.3 is 0 Å². The summed E-state index contributed by atoms with van der Waals surface area (Å²) >= 11 is 0. The highest BCUT2D eigenvalue weighted by molar-refractivity contribution is 5.43. The Morgan fingerprint density at radius 3 is 2.17 bits per heavy atom. The molecule has 0 amide bonds. The first kappa shape index (κ1) is 15.6. The maximum atomic E-state index is 9.41. The number of nitrogens with one attached hydrogen (secondary N) is 1. The van der Waals surface area contributed by atoms with Gasteiger partial charge in [0.05, 0.1) is 26.4 Å². The first-order valence-corrected chi connectivity index (χ1v) is 7.58. The molecule has 0 aliphatic carbocycles. The van der Waals surface area contributed by atoms with Crippen molar-refractivity contribution in [2.75, 3.05) is 27.3 Å². The van der Waals surface area contributed by atoms with E-state index in [1.165, 1.54) is 0 Å². The Labute approximate surface area is 135 Å². The molecule has 23 heavy (non-hydrogen) atoms. The fourth-order valence-corrected chi connectivity index (χ4v) is 2.77. The predicted octanol–water partition coefficient (Wildman–Crippen LogP) is 2.81. The Balaban J connectivity index is 1.79. The minimum atomic E-state index is -0.0673. The molecule has 0 aromatic heterocycles. The molecule has 2 aromatic carbocycles. The van der Waals surface area contributed by atoms with E-state index in [0.717, 1.165) is 24.2 Å². The molecule has 1 heterocycles. The first-order chi connectivity index (χ1) is 11.2. The lowest BCUT2D eigenvalue weighted by molar-refractivity contribution is -0.0407. The number of methoxy groups -OCH3 is 2. The number of phenols is 1. The molecule has 1 aliphatic heterocycles. The zero-order valence-corrected chi connectivity index (χ0v) is 13.3. The average Bonchev–Trinajstić information content (AvgIpc) is 2.62. The SMILES string of the molecule is COc1ccc(C2CNCC(c3ccc(O)cc3)O2)cc1OC. The molecule has 0 radical (unpaired) electrons. The molecule has 3 rings (SSSR count). The quantitative estimate of drug-likeness (QED) is 0.908. The summed E-state index contributed by atoms with van der Waals surface area (Å²) in [5.41, 5.74) is 2.08. The van der Waals surface area contributed by atoms with Gasteiger partial charge in [-0.3, -0.25) is 0 Å². The van der Waals surface area contributed by atoms with Crippen LogP contribution in [0, 0.1) is 0 Å². The van der Waals surface area contributed by atoms with E-state index in [0.29, 0.717) is 11.5 Å². The van der Waals surface area contributed by atoms with Crippen LogP contribution < -0.4 is 14.8 Å². The Hall–Kier alpha value is -2.24. The highest BCUT2D eigenvalue weighted by Gasteiger charge is 2.25. The van der Waals surface area contributed by atoms with Crippen molar-refractivity contribution in [3.8, 4) is 17.2 Å². The lowest BCUT2D eigenvalue weighted by Crippen LogP contribution is -2.35. The molecule has 2 unspecified atom stereocenters. The van der Waals surface area contributed by atoms with Crippen LogP contribution in [-0.2, 0) is 4.74 Å². The topological polar surface area (TPSA) is 60.0 Å². The minimum absolute atomic E-state index is 0.0533. The van der Waals surface area contributed by atoms with Gasteiger partial charge in [0.2, 0.25) is 0 Å². The maximum Gasteiger partial charge on any atom is 0.161 e. The summed E-state index contributed by atoms with van der Waals surface area (Å²) in [5, 5.41) is 12.8.